The molecule has 1 heterocycles. The molecule has 82 valence electrons. The maximum absolute atomic E-state index is 5.95. The minimum atomic E-state index is 0.0796. The molecule has 2 unspecified atom stereocenters. The second-order valence-corrected chi connectivity index (χ2v) is 4.62. The zero-order chi connectivity index (χ0) is 10.8. The second kappa shape index (κ2) is 4.71. The summed E-state index contributed by atoms with van der Waals surface area (Å²) >= 11 is 11.8. The van der Waals surface area contributed by atoms with Gasteiger partial charge in [-0.2, -0.15) is 0 Å². The summed E-state index contributed by atoms with van der Waals surface area (Å²) in [7, 11) is 0. The van der Waals surface area contributed by atoms with Crippen LogP contribution < -0.4 is 5.32 Å². The highest BCUT2D eigenvalue weighted by molar-refractivity contribution is 6.42. The molecule has 1 fully saturated rings. The maximum atomic E-state index is 5.95. The molecule has 0 bridgehead atoms. The molecule has 1 aliphatic heterocycles. The Balaban J connectivity index is 2.12. The van der Waals surface area contributed by atoms with Crippen molar-refractivity contribution in [1.82, 2.24) is 5.32 Å². The predicted molar refractivity (Wildman–Crippen MR) is 62.6 cm³/mol. The van der Waals surface area contributed by atoms with Crippen LogP contribution in [0.3, 0.4) is 0 Å². The fourth-order valence-corrected chi connectivity index (χ4v) is 1.92. The van der Waals surface area contributed by atoms with E-state index < -0.39 is 0 Å². The van der Waals surface area contributed by atoms with Crippen LogP contribution in [-0.4, -0.2) is 19.2 Å². The van der Waals surface area contributed by atoms with E-state index in [0.29, 0.717) is 16.1 Å². The highest BCUT2D eigenvalue weighted by Gasteiger charge is 2.19. The van der Waals surface area contributed by atoms with Crippen molar-refractivity contribution in [2.45, 2.75) is 19.1 Å². The lowest BCUT2D eigenvalue weighted by Gasteiger charge is -2.28. The van der Waals surface area contributed by atoms with Crippen molar-refractivity contribution < 1.29 is 4.74 Å². The molecule has 15 heavy (non-hydrogen) atoms. The fourth-order valence-electron chi connectivity index (χ4n) is 1.61. The van der Waals surface area contributed by atoms with E-state index in [0.717, 1.165) is 18.7 Å². The Morgan fingerprint density at radius 1 is 1.33 bits per heavy atom. The minimum absolute atomic E-state index is 0.0796. The van der Waals surface area contributed by atoms with Crippen LogP contribution in [0, 0.1) is 0 Å². The van der Waals surface area contributed by atoms with E-state index >= 15 is 0 Å². The van der Waals surface area contributed by atoms with Gasteiger partial charge in [0.2, 0.25) is 0 Å². The zero-order valence-electron chi connectivity index (χ0n) is 8.47. The maximum Gasteiger partial charge on any atom is 0.0950 e. The van der Waals surface area contributed by atoms with E-state index in [2.05, 4.69) is 12.2 Å². The predicted octanol–water partition coefficient (Wildman–Crippen LogP) is 3.04. The molecular formula is C11H13Cl2NO. The van der Waals surface area contributed by atoms with Gasteiger partial charge in [0.15, 0.2) is 0 Å². The van der Waals surface area contributed by atoms with Crippen molar-refractivity contribution in [1.29, 1.82) is 0 Å². The van der Waals surface area contributed by atoms with E-state index in [1.807, 2.05) is 12.1 Å². The standard InChI is InChI=1S/C11H13Cl2NO/c1-7-6-15-11(5-14-7)8-2-3-9(12)10(13)4-8/h2-4,7,11,14H,5-6H2,1H3. The highest BCUT2D eigenvalue weighted by Crippen LogP contribution is 2.27. The number of rotatable bonds is 1. The van der Waals surface area contributed by atoms with Gasteiger partial charge in [0.05, 0.1) is 22.8 Å². The summed E-state index contributed by atoms with van der Waals surface area (Å²) in [5.41, 5.74) is 1.07. The molecule has 4 heteroatoms. The van der Waals surface area contributed by atoms with Gasteiger partial charge in [0.1, 0.15) is 0 Å². The lowest BCUT2D eigenvalue weighted by molar-refractivity contribution is 0.00696. The summed E-state index contributed by atoms with van der Waals surface area (Å²) in [6.07, 6.45) is 0.0796. The van der Waals surface area contributed by atoms with E-state index in [1.165, 1.54) is 0 Å². The summed E-state index contributed by atoms with van der Waals surface area (Å²) in [6, 6.07) is 6.05. The Morgan fingerprint density at radius 3 is 2.73 bits per heavy atom. The van der Waals surface area contributed by atoms with Crippen molar-refractivity contribution in [3.63, 3.8) is 0 Å². The van der Waals surface area contributed by atoms with Crippen LogP contribution in [0.2, 0.25) is 10.0 Å². The Morgan fingerprint density at radius 2 is 2.13 bits per heavy atom. The van der Waals surface area contributed by atoms with Gasteiger partial charge in [-0.05, 0) is 24.6 Å². The molecule has 1 aromatic carbocycles. The molecule has 1 aliphatic rings. The van der Waals surface area contributed by atoms with Crippen LogP contribution in [0.15, 0.2) is 18.2 Å². The van der Waals surface area contributed by atoms with Crippen molar-refractivity contribution in [2.24, 2.45) is 0 Å². The Hall–Kier alpha value is -0.280. The molecule has 1 saturated heterocycles. The van der Waals surface area contributed by atoms with E-state index in [-0.39, 0.29) is 6.10 Å². The summed E-state index contributed by atoms with van der Waals surface area (Å²) in [5, 5.41) is 4.52. The monoisotopic (exact) mass is 245 g/mol. The summed E-state index contributed by atoms with van der Waals surface area (Å²) in [5.74, 6) is 0. The van der Waals surface area contributed by atoms with Crippen molar-refractivity contribution in [3.8, 4) is 0 Å². The van der Waals surface area contributed by atoms with Gasteiger partial charge in [0, 0.05) is 12.6 Å². The number of benzene rings is 1. The first-order valence-electron chi connectivity index (χ1n) is 4.97. The van der Waals surface area contributed by atoms with Crippen LogP contribution in [0.5, 0.6) is 0 Å². The molecule has 2 atom stereocenters. The average molecular weight is 246 g/mol. The largest absolute Gasteiger partial charge is 0.371 e. The third-order valence-electron chi connectivity index (χ3n) is 2.51. The van der Waals surface area contributed by atoms with Gasteiger partial charge in [0.25, 0.3) is 0 Å². The molecule has 0 spiro atoms. The van der Waals surface area contributed by atoms with E-state index in [4.69, 9.17) is 27.9 Å². The quantitative estimate of drug-likeness (QED) is 0.822. The van der Waals surface area contributed by atoms with Crippen molar-refractivity contribution >= 4 is 23.2 Å². The van der Waals surface area contributed by atoms with Gasteiger partial charge in [-0.1, -0.05) is 29.3 Å². The minimum Gasteiger partial charge on any atom is -0.371 e. The molecule has 0 aliphatic carbocycles. The van der Waals surface area contributed by atoms with E-state index in [1.54, 1.807) is 6.07 Å². The van der Waals surface area contributed by atoms with Gasteiger partial charge in [-0.3, -0.25) is 0 Å². The third kappa shape index (κ3) is 2.64. The number of morpholine rings is 1. The molecule has 2 nitrogen and oxygen atoms in total. The smallest absolute Gasteiger partial charge is 0.0950 e. The SMILES string of the molecule is CC1COC(c2ccc(Cl)c(Cl)c2)CN1. The van der Waals surface area contributed by atoms with Crippen molar-refractivity contribution in [2.75, 3.05) is 13.2 Å². The van der Waals surface area contributed by atoms with Gasteiger partial charge < -0.3 is 10.1 Å². The summed E-state index contributed by atoms with van der Waals surface area (Å²) in [6.45, 7) is 3.65. The lowest BCUT2D eigenvalue weighted by atomic mass is 10.1. The number of hydrogen-bond donors (Lipinski definition) is 1. The first-order valence-corrected chi connectivity index (χ1v) is 5.72. The first-order chi connectivity index (χ1) is 7.16. The van der Waals surface area contributed by atoms with Gasteiger partial charge >= 0.3 is 0 Å². The first kappa shape index (κ1) is 11.2. The molecule has 1 aromatic rings. The van der Waals surface area contributed by atoms with Crippen LogP contribution >= 0.6 is 23.2 Å². The zero-order valence-corrected chi connectivity index (χ0v) is 9.98. The van der Waals surface area contributed by atoms with Gasteiger partial charge in [-0.15, -0.1) is 0 Å². The fraction of sp³-hybridized carbons (Fsp3) is 0.455. The summed E-state index contributed by atoms with van der Waals surface area (Å²) in [4.78, 5) is 0. The molecule has 2 rings (SSSR count). The third-order valence-corrected chi connectivity index (χ3v) is 3.25. The Bertz CT molecular complexity index is 348. The Kier molecular flexibility index (Phi) is 3.52. The molecule has 0 saturated carbocycles. The Labute approximate surface area is 99.5 Å². The normalized spacial score (nSPS) is 26.6. The molecular weight excluding hydrogens is 233 g/mol. The van der Waals surface area contributed by atoms with Crippen LogP contribution in [0.4, 0.5) is 0 Å². The number of halogens is 2. The molecule has 0 aromatic heterocycles. The lowest BCUT2D eigenvalue weighted by Crippen LogP contribution is -2.40. The molecule has 0 radical (unpaired) electrons. The van der Waals surface area contributed by atoms with Crippen LogP contribution in [0.1, 0.15) is 18.6 Å². The van der Waals surface area contributed by atoms with Gasteiger partial charge in [-0.25, -0.2) is 0 Å². The number of hydrogen-bond acceptors (Lipinski definition) is 2. The van der Waals surface area contributed by atoms with Crippen LogP contribution in [-0.2, 0) is 4.74 Å². The average Bonchev–Trinajstić information content (AvgIpc) is 2.23. The van der Waals surface area contributed by atoms with E-state index in [9.17, 15) is 0 Å². The number of nitrogens with one attached hydrogen (secondary N) is 1. The second-order valence-electron chi connectivity index (χ2n) is 3.80. The summed E-state index contributed by atoms with van der Waals surface area (Å²) < 4.78 is 5.71. The topological polar surface area (TPSA) is 21.3 Å². The van der Waals surface area contributed by atoms with Crippen molar-refractivity contribution in [3.05, 3.63) is 33.8 Å². The molecule has 0 amide bonds. The molecule has 1 N–H and O–H groups in total. The highest BCUT2D eigenvalue weighted by atomic mass is 35.5. The number of ether oxygens (including phenoxy) is 1. The van der Waals surface area contributed by atoms with Crippen LogP contribution in [0.25, 0.3) is 0 Å².